The summed E-state index contributed by atoms with van der Waals surface area (Å²) < 4.78 is 5.53. The fraction of sp³-hybridized carbons (Fsp3) is 0.679. The molecule has 2 amide bonds. The lowest BCUT2D eigenvalue weighted by molar-refractivity contribution is -0.150. The Morgan fingerprint density at radius 3 is 2.06 bits per heavy atom. The minimum absolute atomic E-state index is 0.0161. The third-order valence-corrected chi connectivity index (χ3v) is 8.35. The van der Waals surface area contributed by atoms with E-state index >= 15 is 0 Å². The molecule has 2 saturated carbocycles. The number of carbonyl (C=O) groups is 3. The summed E-state index contributed by atoms with van der Waals surface area (Å²) >= 11 is 0. The van der Waals surface area contributed by atoms with Gasteiger partial charge in [-0.15, -0.1) is 0 Å². The number of amides is 2. The van der Waals surface area contributed by atoms with E-state index < -0.39 is 24.1 Å². The van der Waals surface area contributed by atoms with Crippen LogP contribution in [0.1, 0.15) is 82.6 Å². The predicted octanol–water partition coefficient (Wildman–Crippen LogP) is 5.13. The fourth-order valence-corrected chi connectivity index (χ4v) is 6.65. The maximum atomic E-state index is 14.0. The molecule has 192 valence electrons. The van der Waals surface area contributed by atoms with Crippen LogP contribution in [0.2, 0.25) is 0 Å². The number of ether oxygens (including phenoxy) is 1. The second-order valence-electron chi connectivity index (χ2n) is 10.6. The number of alkyl carbamates (subject to hydrolysis) is 1. The number of nitrogens with one attached hydrogen (secondary N) is 1. The first-order chi connectivity index (χ1) is 17.0. The maximum Gasteiger partial charge on any atom is 0.408 e. The standard InChI is InChI=1S/C28H40N2O5/c31-26(30-18-10-17-23(30)27(32)33)25(29-28(34)35-19-20-11-4-1-5-12-20)24(21-13-6-2-7-14-21)22-15-8-3-9-16-22/h1,4-5,11-12,21-25H,2-3,6-10,13-19H2,(H,29,34)(H,32,33)/t23-,25-/m0/s1. The largest absolute Gasteiger partial charge is 0.480 e. The molecule has 1 heterocycles. The molecule has 0 bridgehead atoms. The SMILES string of the molecule is O=C(N[C@H](C(=O)N1CCC[C@H]1C(=O)O)C(C1CCCCC1)C1CCCCC1)OCc1ccccc1. The van der Waals surface area contributed by atoms with Gasteiger partial charge in [-0.3, -0.25) is 4.79 Å². The molecule has 1 aliphatic heterocycles. The number of hydrogen-bond donors (Lipinski definition) is 2. The molecule has 7 nitrogen and oxygen atoms in total. The van der Waals surface area contributed by atoms with Crippen molar-refractivity contribution in [1.29, 1.82) is 0 Å². The van der Waals surface area contributed by atoms with E-state index in [0.717, 1.165) is 56.9 Å². The van der Waals surface area contributed by atoms with Crippen LogP contribution in [0.3, 0.4) is 0 Å². The maximum absolute atomic E-state index is 14.0. The number of carboxylic acid groups (broad SMARTS) is 1. The Bertz CT molecular complexity index is 830. The van der Waals surface area contributed by atoms with E-state index in [1.807, 2.05) is 30.3 Å². The van der Waals surface area contributed by atoms with Gasteiger partial charge in [0.25, 0.3) is 0 Å². The Morgan fingerprint density at radius 1 is 0.886 bits per heavy atom. The molecule has 2 aliphatic carbocycles. The number of nitrogens with zero attached hydrogens (tertiary/aromatic N) is 1. The summed E-state index contributed by atoms with van der Waals surface area (Å²) in [6.45, 7) is 0.557. The minimum Gasteiger partial charge on any atom is -0.480 e. The number of aliphatic carboxylic acids is 1. The summed E-state index contributed by atoms with van der Waals surface area (Å²) in [6.07, 6.45) is 11.8. The van der Waals surface area contributed by atoms with E-state index in [1.54, 1.807) is 0 Å². The third kappa shape index (κ3) is 6.56. The van der Waals surface area contributed by atoms with Gasteiger partial charge in [-0.25, -0.2) is 9.59 Å². The topological polar surface area (TPSA) is 95.9 Å². The highest BCUT2D eigenvalue weighted by Gasteiger charge is 2.45. The summed E-state index contributed by atoms with van der Waals surface area (Å²) in [5.74, 6) is -0.467. The van der Waals surface area contributed by atoms with E-state index in [-0.39, 0.29) is 18.4 Å². The van der Waals surface area contributed by atoms with Crippen LogP contribution in [0, 0.1) is 17.8 Å². The molecule has 1 saturated heterocycles. The zero-order chi connectivity index (χ0) is 24.6. The van der Waals surface area contributed by atoms with E-state index in [0.29, 0.717) is 31.2 Å². The van der Waals surface area contributed by atoms with Crippen LogP contribution in [0.25, 0.3) is 0 Å². The lowest BCUT2D eigenvalue weighted by Crippen LogP contribution is -2.57. The first kappa shape index (κ1) is 25.5. The van der Waals surface area contributed by atoms with Crippen LogP contribution < -0.4 is 5.32 Å². The van der Waals surface area contributed by atoms with Gasteiger partial charge in [-0.05, 0) is 36.2 Å². The van der Waals surface area contributed by atoms with Crippen LogP contribution in [-0.4, -0.2) is 46.6 Å². The van der Waals surface area contributed by atoms with Crippen molar-refractivity contribution in [3.63, 3.8) is 0 Å². The molecule has 0 radical (unpaired) electrons. The number of likely N-dealkylation sites (tertiary alicyclic amines) is 1. The molecule has 1 aromatic rings. The molecule has 35 heavy (non-hydrogen) atoms. The first-order valence-electron chi connectivity index (χ1n) is 13.5. The fourth-order valence-electron chi connectivity index (χ4n) is 6.65. The Hall–Kier alpha value is -2.57. The van der Waals surface area contributed by atoms with Crippen LogP contribution in [0.15, 0.2) is 30.3 Å². The second kappa shape index (κ2) is 12.4. The zero-order valence-corrected chi connectivity index (χ0v) is 20.7. The highest BCUT2D eigenvalue weighted by molar-refractivity contribution is 5.90. The quantitative estimate of drug-likeness (QED) is 0.533. The highest BCUT2D eigenvalue weighted by atomic mass is 16.5. The number of rotatable bonds is 8. The van der Waals surface area contributed by atoms with Gasteiger partial charge >= 0.3 is 12.1 Å². The number of carboxylic acids is 1. The molecule has 0 spiro atoms. The van der Waals surface area contributed by atoms with Crippen molar-refractivity contribution in [2.24, 2.45) is 17.8 Å². The van der Waals surface area contributed by atoms with Crippen LogP contribution in [0.4, 0.5) is 4.79 Å². The normalized spacial score (nSPS) is 22.7. The molecule has 2 N–H and O–H groups in total. The second-order valence-corrected chi connectivity index (χ2v) is 10.6. The predicted molar refractivity (Wildman–Crippen MR) is 133 cm³/mol. The Balaban J connectivity index is 1.58. The smallest absolute Gasteiger partial charge is 0.408 e. The van der Waals surface area contributed by atoms with Gasteiger partial charge in [0, 0.05) is 6.54 Å². The van der Waals surface area contributed by atoms with Crippen LogP contribution in [0.5, 0.6) is 0 Å². The Kier molecular flexibility index (Phi) is 9.05. The summed E-state index contributed by atoms with van der Waals surface area (Å²) in [5.41, 5.74) is 0.882. The highest BCUT2D eigenvalue weighted by Crippen LogP contribution is 2.42. The van der Waals surface area contributed by atoms with Gasteiger partial charge in [0.1, 0.15) is 18.7 Å². The van der Waals surface area contributed by atoms with Crippen molar-refractivity contribution >= 4 is 18.0 Å². The van der Waals surface area contributed by atoms with Gasteiger partial charge in [0.2, 0.25) is 5.91 Å². The minimum atomic E-state index is -0.965. The zero-order valence-electron chi connectivity index (χ0n) is 20.7. The van der Waals surface area contributed by atoms with E-state index in [2.05, 4.69) is 5.32 Å². The van der Waals surface area contributed by atoms with Gasteiger partial charge in [0.15, 0.2) is 0 Å². The van der Waals surface area contributed by atoms with Crippen LogP contribution in [-0.2, 0) is 20.9 Å². The summed E-state index contributed by atoms with van der Waals surface area (Å²) in [5, 5.41) is 12.7. The van der Waals surface area contributed by atoms with Gasteiger partial charge < -0.3 is 20.1 Å². The average Bonchev–Trinajstić information content (AvgIpc) is 3.39. The number of carbonyl (C=O) groups excluding carboxylic acids is 2. The van der Waals surface area contributed by atoms with Crippen molar-refractivity contribution in [1.82, 2.24) is 10.2 Å². The first-order valence-corrected chi connectivity index (χ1v) is 13.5. The van der Waals surface area contributed by atoms with Crippen molar-refractivity contribution in [2.45, 2.75) is 95.7 Å². The van der Waals surface area contributed by atoms with Gasteiger partial charge in [-0.1, -0.05) is 94.5 Å². The van der Waals surface area contributed by atoms with Crippen molar-refractivity contribution in [3.8, 4) is 0 Å². The number of benzene rings is 1. The molecule has 7 heteroatoms. The molecule has 1 aromatic carbocycles. The van der Waals surface area contributed by atoms with Gasteiger partial charge in [0.05, 0.1) is 0 Å². The van der Waals surface area contributed by atoms with Crippen molar-refractivity contribution < 1.29 is 24.2 Å². The van der Waals surface area contributed by atoms with E-state index in [4.69, 9.17) is 4.74 Å². The molecular formula is C28H40N2O5. The van der Waals surface area contributed by atoms with E-state index in [1.165, 1.54) is 17.7 Å². The lowest BCUT2D eigenvalue weighted by Gasteiger charge is -2.43. The molecule has 0 aromatic heterocycles. The average molecular weight is 485 g/mol. The third-order valence-electron chi connectivity index (χ3n) is 8.35. The van der Waals surface area contributed by atoms with Crippen LogP contribution >= 0.6 is 0 Å². The monoisotopic (exact) mass is 484 g/mol. The molecule has 2 atom stereocenters. The molecule has 3 aliphatic rings. The molecule has 0 unspecified atom stereocenters. The van der Waals surface area contributed by atoms with Crippen molar-refractivity contribution in [3.05, 3.63) is 35.9 Å². The van der Waals surface area contributed by atoms with Crippen molar-refractivity contribution in [2.75, 3.05) is 6.54 Å². The lowest BCUT2D eigenvalue weighted by atomic mass is 9.66. The molecular weight excluding hydrogens is 444 g/mol. The summed E-state index contributed by atoms with van der Waals surface area (Å²) in [6, 6.07) is 7.92. The molecule has 3 fully saturated rings. The Morgan fingerprint density at radius 2 is 1.49 bits per heavy atom. The Labute approximate surface area is 208 Å². The van der Waals surface area contributed by atoms with Gasteiger partial charge in [-0.2, -0.15) is 0 Å². The molecule has 4 rings (SSSR count). The van der Waals surface area contributed by atoms with E-state index in [9.17, 15) is 19.5 Å². The number of hydrogen-bond acceptors (Lipinski definition) is 4. The summed E-state index contributed by atoms with van der Waals surface area (Å²) in [4.78, 5) is 40.4. The summed E-state index contributed by atoms with van der Waals surface area (Å²) in [7, 11) is 0.